The van der Waals surface area contributed by atoms with Gasteiger partial charge in [0.1, 0.15) is 6.04 Å². The summed E-state index contributed by atoms with van der Waals surface area (Å²) in [5, 5.41) is 21.3. The minimum atomic E-state index is -1.07. The van der Waals surface area contributed by atoms with E-state index in [1.807, 2.05) is 31.2 Å². The van der Waals surface area contributed by atoms with Crippen molar-refractivity contribution in [3.63, 3.8) is 0 Å². The standard InChI is InChI=1S/C31H35N5O5/c1-20-6-3-4-7-25(20)35-31(41)34-24-15-11-22(12-16-24)19-28(37)33-23-13-9-21(10-14-23)18-27(30(39)40)36(2)29(38)26-8-5-17-32-26/h3-4,6-7,9-16,26-27,32H,5,8,17-19H2,1-2H3,(H,33,37)(H,39,40)(H2,34,35,41)/t26-,27-/m0/s1. The molecule has 2 atom stereocenters. The molecule has 0 aliphatic carbocycles. The van der Waals surface area contributed by atoms with Crippen molar-refractivity contribution in [2.75, 3.05) is 29.5 Å². The van der Waals surface area contributed by atoms with Crippen molar-refractivity contribution in [1.82, 2.24) is 10.2 Å². The highest BCUT2D eigenvalue weighted by molar-refractivity contribution is 6.00. The van der Waals surface area contributed by atoms with E-state index in [-0.39, 0.29) is 36.7 Å². The molecule has 1 aliphatic heterocycles. The van der Waals surface area contributed by atoms with Crippen LogP contribution in [0.4, 0.5) is 21.9 Å². The van der Waals surface area contributed by atoms with Crippen LogP contribution >= 0.6 is 0 Å². The number of benzene rings is 3. The number of likely N-dealkylation sites (N-methyl/N-ethyl adjacent to an activating group) is 1. The van der Waals surface area contributed by atoms with E-state index in [1.54, 1.807) is 48.5 Å². The van der Waals surface area contributed by atoms with Gasteiger partial charge in [0.15, 0.2) is 0 Å². The molecule has 1 saturated heterocycles. The van der Waals surface area contributed by atoms with Crippen LogP contribution < -0.4 is 21.3 Å². The molecule has 1 fully saturated rings. The lowest BCUT2D eigenvalue weighted by Crippen LogP contribution is -2.50. The molecule has 214 valence electrons. The Morgan fingerprint density at radius 2 is 1.54 bits per heavy atom. The number of aliphatic carboxylic acids is 1. The summed E-state index contributed by atoms with van der Waals surface area (Å²) in [6, 6.07) is 19.8. The molecule has 0 aromatic heterocycles. The number of carbonyl (C=O) groups excluding carboxylic acids is 3. The van der Waals surface area contributed by atoms with Crippen LogP contribution in [0.3, 0.4) is 0 Å². The van der Waals surface area contributed by atoms with Gasteiger partial charge in [-0.25, -0.2) is 9.59 Å². The minimum Gasteiger partial charge on any atom is -0.480 e. The number of nitrogens with one attached hydrogen (secondary N) is 4. The summed E-state index contributed by atoms with van der Waals surface area (Å²) in [5.74, 6) is -1.49. The molecule has 0 bridgehead atoms. The highest BCUT2D eigenvalue weighted by Crippen LogP contribution is 2.18. The quantitative estimate of drug-likeness (QED) is 0.255. The first kappa shape index (κ1) is 29.3. The summed E-state index contributed by atoms with van der Waals surface area (Å²) in [7, 11) is 1.53. The number of anilines is 3. The number of amides is 4. The van der Waals surface area contributed by atoms with Crippen LogP contribution in [0.5, 0.6) is 0 Å². The first-order chi connectivity index (χ1) is 19.7. The van der Waals surface area contributed by atoms with E-state index >= 15 is 0 Å². The smallest absolute Gasteiger partial charge is 0.326 e. The Labute approximate surface area is 239 Å². The third-order valence-electron chi connectivity index (χ3n) is 7.10. The third kappa shape index (κ3) is 8.15. The van der Waals surface area contributed by atoms with Crippen molar-refractivity contribution in [2.24, 2.45) is 0 Å². The van der Waals surface area contributed by atoms with Gasteiger partial charge in [-0.05, 0) is 73.3 Å². The molecule has 3 aromatic rings. The number of carboxylic acid groups (broad SMARTS) is 1. The molecule has 4 amide bonds. The molecular weight excluding hydrogens is 522 g/mol. The monoisotopic (exact) mass is 557 g/mol. The predicted octanol–water partition coefficient (Wildman–Crippen LogP) is 4.03. The first-order valence-corrected chi connectivity index (χ1v) is 13.5. The maximum atomic E-state index is 12.7. The lowest BCUT2D eigenvalue weighted by molar-refractivity contribution is -0.149. The molecule has 1 aliphatic rings. The van der Waals surface area contributed by atoms with Crippen LogP contribution in [0, 0.1) is 6.92 Å². The molecule has 10 heteroatoms. The van der Waals surface area contributed by atoms with Crippen molar-refractivity contribution in [3.05, 3.63) is 89.5 Å². The molecule has 3 aromatic carbocycles. The molecule has 4 rings (SSSR count). The van der Waals surface area contributed by atoms with E-state index in [0.29, 0.717) is 17.8 Å². The zero-order valence-electron chi connectivity index (χ0n) is 23.1. The fraction of sp³-hybridized carbons (Fsp3) is 0.290. The highest BCUT2D eigenvalue weighted by Gasteiger charge is 2.32. The lowest BCUT2D eigenvalue weighted by Gasteiger charge is -2.27. The average molecular weight is 558 g/mol. The third-order valence-corrected chi connectivity index (χ3v) is 7.10. The van der Waals surface area contributed by atoms with E-state index < -0.39 is 12.0 Å². The van der Waals surface area contributed by atoms with Crippen molar-refractivity contribution in [1.29, 1.82) is 0 Å². The van der Waals surface area contributed by atoms with Gasteiger partial charge in [0.05, 0.1) is 12.5 Å². The number of urea groups is 1. The van der Waals surface area contributed by atoms with Crippen LogP contribution in [0.15, 0.2) is 72.8 Å². The van der Waals surface area contributed by atoms with Gasteiger partial charge in [0, 0.05) is 30.5 Å². The summed E-state index contributed by atoms with van der Waals surface area (Å²) in [6.45, 7) is 2.67. The fourth-order valence-electron chi connectivity index (χ4n) is 4.73. The van der Waals surface area contributed by atoms with Gasteiger partial charge in [-0.15, -0.1) is 0 Å². The van der Waals surface area contributed by atoms with Gasteiger partial charge in [-0.2, -0.15) is 0 Å². The van der Waals surface area contributed by atoms with Crippen LogP contribution in [0.1, 0.15) is 29.5 Å². The predicted molar refractivity (Wildman–Crippen MR) is 158 cm³/mol. The number of carboxylic acids is 1. The highest BCUT2D eigenvalue weighted by atomic mass is 16.4. The van der Waals surface area contributed by atoms with E-state index in [1.165, 1.54) is 11.9 Å². The van der Waals surface area contributed by atoms with Crippen LogP contribution in [0.25, 0.3) is 0 Å². The van der Waals surface area contributed by atoms with Crippen LogP contribution in [-0.4, -0.2) is 59.5 Å². The average Bonchev–Trinajstić information content (AvgIpc) is 3.49. The zero-order chi connectivity index (χ0) is 29.4. The molecule has 5 N–H and O–H groups in total. The van der Waals surface area contributed by atoms with E-state index in [4.69, 9.17) is 0 Å². The van der Waals surface area contributed by atoms with Crippen LogP contribution in [0.2, 0.25) is 0 Å². The Morgan fingerprint density at radius 3 is 2.15 bits per heavy atom. The van der Waals surface area contributed by atoms with Gasteiger partial charge in [0.25, 0.3) is 0 Å². The van der Waals surface area contributed by atoms with Gasteiger partial charge in [-0.3, -0.25) is 9.59 Å². The van der Waals surface area contributed by atoms with Crippen molar-refractivity contribution in [3.8, 4) is 0 Å². The molecule has 0 unspecified atom stereocenters. The summed E-state index contributed by atoms with van der Waals surface area (Å²) in [4.78, 5) is 50.8. The number of nitrogens with zero attached hydrogens (tertiary/aromatic N) is 1. The Hall–Kier alpha value is -4.70. The normalized spacial score (nSPS) is 15.0. The minimum absolute atomic E-state index is 0.140. The van der Waals surface area contributed by atoms with Gasteiger partial charge < -0.3 is 31.3 Å². The number of rotatable bonds is 10. The molecule has 0 radical (unpaired) electrons. The van der Waals surface area contributed by atoms with Crippen molar-refractivity contribution < 1.29 is 24.3 Å². The summed E-state index contributed by atoms with van der Waals surface area (Å²) in [6.07, 6.45) is 1.89. The van der Waals surface area contributed by atoms with Gasteiger partial charge >= 0.3 is 12.0 Å². The number of hydrogen-bond donors (Lipinski definition) is 5. The number of para-hydroxylation sites is 1. The molecule has 41 heavy (non-hydrogen) atoms. The summed E-state index contributed by atoms with van der Waals surface area (Å²) < 4.78 is 0. The summed E-state index contributed by atoms with van der Waals surface area (Å²) >= 11 is 0. The largest absolute Gasteiger partial charge is 0.480 e. The topological polar surface area (TPSA) is 140 Å². The Balaban J connectivity index is 1.27. The second-order valence-corrected chi connectivity index (χ2v) is 10.2. The molecule has 10 nitrogen and oxygen atoms in total. The summed E-state index contributed by atoms with van der Waals surface area (Å²) in [5.41, 5.74) is 4.38. The van der Waals surface area contributed by atoms with Crippen molar-refractivity contribution in [2.45, 2.75) is 44.7 Å². The van der Waals surface area contributed by atoms with E-state index in [2.05, 4.69) is 21.3 Å². The zero-order valence-corrected chi connectivity index (χ0v) is 23.1. The first-order valence-electron chi connectivity index (χ1n) is 13.5. The molecule has 0 saturated carbocycles. The van der Waals surface area contributed by atoms with E-state index in [9.17, 15) is 24.3 Å². The number of aryl methyl sites for hydroxylation is 1. The Morgan fingerprint density at radius 1 is 0.902 bits per heavy atom. The van der Waals surface area contributed by atoms with Crippen LogP contribution in [-0.2, 0) is 27.2 Å². The van der Waals surface area contributed by atoms with Gasteiger partial charge in [0.2, 0.25) is 11.8 Å². The number of carbonyl (C=O) groups is 4. The van der Waals surface area contributed by atoms with Crippen molar-refractivity contribution >= 4 is 40.9 Å². The second-order valence-electron chi connectivity index (χ2n) is 10.2. The SMILES string of the molecule is Cc1ccccc1NC(=O)Nc1ccc(CC(=O)Nc2ccc(C[C@@H](C(=O)O)N(C)C(=O)[C@@H]3CCCN3)cc2)cc1. The maximum absolute atomic E-state index is 12.7. The van der Waals surface area contributed by atoms with E-state index in [0.717, 1.165) is 35.3 Å². The second kappa shape index (κ2) is 13.6. The number of hydrogen-bond acceptors (Lipinski definition) is 5. The Kier molecular flexibility index (Phi) is 9.70. The molecule has 1 heterocycles. The Bertz CT molecular complexity index is 1380. The molecule has 0 spiro atoms. The molecular formula is C31H35N5O5. The maximum Gasteiger partial charge on any atom is 0.326 e. The lowest BCUT2D eigenvalue weighted by atomic mass is 10.0. The fourth-order valence-corrected chi connectivity index (χ4v) is 4.73. The van der Waals surface area contributed by atoms with Gasteiger partial charge in [-0.1, -0.05) is 42.5 Å².